The molecule has 1 N–H and O–H groups in total. The van der Waals surface area contributed by atoms with Gasteiger partial charge in [-0.25, -0.2) is 0 Å². The van der Waals surface area contributed by atoms with Gasteiger partial charge in [0.2, 0.25) is 0 Å². The van der Waals surface area contributed by atoms with E-state index in [4.69, 9.17) is 0 Å². The van der Waals surface area contributed by atoms with Crippen LogP contribution in [-0.2, 0) is 6.42 Å². The van der Waals surface area contributed by atoms with Crippen molar-refractivity contribution in [2.75, 3.05) is 13.1 Å². The molecule has 1 unspecified atom stereocenters. The van der Waals surface area contributed by atoms with E-state index in [0.717, 1.165) is 36.4 Å². The van der Waals surface area contributed by atoms with Crippen LogP contribution in [0.3, 0.4) is 0 Å². The Morgan fingerprint density at radius 2 is 2.38 bits per heavy atom. The minimum Gasteiger partial charge on any atom is -0.388 e. The van der Waals surface area contributed by atoms with Crippen molar-refractivity contribution in [3.63, 3.8) is 0 Å². The van der Waals surface area contributed by atoms with Crippen LogP contribution in [0.1, 0.15) is 24.1 Å². The molecular formula is C12H16BrNOS. The summed E-state index contributed by atoms with van der Waals surface area (Å²) in [6, 6.07) is 2.84. The number of hydrogen-bond acceptors (Lipinski definition) is 3. The zero-order chi connectivity index (χ0) is 11.2. The van der Waals surface area contributed by atoms with Crippen LogP contribution in [-0.4, -0.2) is 34.7 Å². The number of rotatable bonds is 3. The molecule has 2 aliphatic rings. The highest BCUT2D eigenvalue weighted by Gasteiger charge is 2.42. The van der Waals surface area contributed by atoms with E-state index < -0.39 is 5.60 Å². The third-order valence-electron chi connectivity index (χ3n) is 3.61. The van der Waals surface area contributed by atoms with E-state index in [9.17, 15) is 5.11 Å². The molecule has 1 saturated heterocycles. The average Bonchev–Trinajstić information content (AvgIpc) is 2.93. The highest BCUT2D eigenvalue weighted by atomic mass is 79.9. The molecule has 3 rings (SSSR count). The number of β-amino-alcohol motifs (C(OH)–C–C–N with tert-alkyl or cyclic N) is 1. The quantitative estimate of drug-likeness (QED) is 0.928. The Hall–Kier alpha value is 0.1000. The molecule has 2 heterocycles. The molecule has 88 valence electrons. The van der Waals surface area contributed by atoms with Gasteiger partial charge in [0.1, 0.15) is 0 Å². The summed E-state index contributed by atoms with van der Waals surface area (Å²) in [5.41, 5.74) is -0.490. The van der Waals surface area contributed by atoms with Gasteiger partial charge in [-0.15, -0.1) is 11.3 Å². The van der Waals surface area contributed by atoms with Crippen LogP contribution in [0, 0.1) is 0 Å². The van der Waals surface area contributed by atoms with Crippen molar-refractivity contribution in [2.45, 2.75) is 37.3 Å². The molecule has 16 heavy (non-hydrogen) atoms. The van der Waals surface area contributed by atoms with Crippen LogP contribution in [0.5, 0.6) is 0 Å². The van der Waals surface area contributed by atoms with Crippen molar-refractivity contribution in [3.05, 3.63) is 20.8 Å². The van der Waals surface area contributed by atoms with Gasteiger partial charge in [0, 0.05) is 34.9 Å². The maximum absolute atomic E-state index is 10.6. The summed E-state index contributed by atoms with van der Waals surface area (Å²) in [5.74, 6) is 0. The molecule has 1 aliphatic heterocycles. The number of hydrogen-bond donors (Lipinski definition) is 1. The van der Waals surface area contributed by atoms with Gasteiger partial charge >= 0.3 is 0 Å². The highest BCUT2D eigenvalue weighted by Crippen LogP contribution is 2.36. The SMILES string of the molecule is OC1(Cc2sccc2Br)CCN(C2CC2)C1. The topological polar surface area (TPSA) is 23.5 Å². The van der Waals surface area contributed by atoms with E-state index in [1.54, 1.807) is 11.3 Å². The van der Waals surface area contributed by atoms with Crippen molar-refractivity contribution in [1.29, 1.82) is 0 Å². The Balaban J connectivity index is 1.68. The smallest absolute Gasteiger partial charge is 0.0834 e. The zero-order valence-corrected chi connectivity index (χ0v) is 11.6. The van der Waals surface area contributed by atoms with Crippen LogP contribution in [0.25, 0.3) is 0 Å². The largest absolute Gasteiger partial charge is 0.388 e. The summed E-state index contributed by atoms with van der Waals surface area (Å²) in [5, 5.41) is 12.7. The van der Waals surface area contributed by atoms with E-state index >= 15 is 0 Å². The van der Waals surface area contributed by atoms with E-state index in [1.165, 1.54) is 17.7 Å². The van der Waals surface area contributed by atoms with Gasteiger partial charge in [-0.1, -0.05) is 0 Å². The van der Waals surface area contributed by atoms with Crippen LogP contribution in [0.15, 0.2) is 15.9 Å². The normalized spacial score (nSPS) is 31.1. The second kappa shape index (κ2) is 4.09. The summed E-state index contributed by atoms with van der Waals surface area (Å²) in [7, 11) is 0. The number of nitrogens with zero attached hydrogens (tertiary/aromatic N) is 1. The Kier molecular flexibility index (Phi) is 2.86. The van der Waals surface area contributed by atoms with Crippen LogP contribution < -0.4 is 0 Å². The molecule has 1 saturated carbocycles. The lowest BCUT2D eigenvalue weighted by Crippen LogP contribution is -2.35. The lowest BCUT2D eigenvalue weighted by atomic mass is 9.98. The summed E-state index contributed by atoms with van der Waals surface area (Å²) >= 11 is 5.27. The summed E-state index contributed by atoms with van der Waals surface area (Å²) in [4.78, 5) is 3.74. The Labute approximate surface area is 108 Å². The fraction of sp³-hybridized carbons (Fsp3) is 0.667. The van der Waals surface area contributed by atoms with Crippen molar-refractivity contribution in [1.82, 2.24) is 4.90 Å². The third-order valence-corrected chi connectivity index (χ3v) is 5.53. The highest BCUT2D eigenvalue weighted by molar-refractivity contribution is 9.10. The molecule has 0 aromatic carbocycles. The molecule has 0 radical (unpaired) electrons. The minimum atomic E-state index is -0.490. The maximum Gasteiger partial charge on any atom is 0.0834 e. The fourth-order valence-electron chi connectivity index (χ4n) is 2.53. The van der Waals surface area contributed by atoms with Crippen molar-refractivity contribution in [2.24, 2.45) is 0 Å². The summed E-state index contributed by atoms with van der Waals surface area (Å²) < 4.78 is 1.15. The molecule has 1 atom stereocenters. The first-order chi connectivity index (χ1) is 7.66. The van der Waals surface area contributed by atoms with Crippen LogP contribution >= 0.6 is 27.3 Å². The molecule has 0 spiro atoms. The average molecular weight is 302 g/mol. The van der Waals surface area contributed by atoms with Gasteiger partial charge < -0.3 is 5.11 Å². The lowest BCUT2D eigenvalue weighted by Gasteiger charge is -2.23. The number of thiophene rings is 1. The van der Waals surface area contributed by atoms with Gasteiger partial charge in [-0.3, -0.25) is 4.90 Å². The van der Waals surface area contributed by atoms with Crippen molar-refractivity contribution >= 4 is 27.3 Å². The molecule has 0 amide bonds. The van der Waals surface area contributed by atoms with Gasteiger partial charge in [0.25, 0.3) is 0 Å². The second-order valence-electron chi connectivity index (χ2n) is 5.04. The van der Waals surface area contributed by atoms with Crippen LogP contribution in [0.4, 0.5) is 0 Å². The molecular weight excluding hydrogens is 286 g/mol. The molecule has 2 nitrogen and oxygen atoms in total. The van der Waals surface area contributed by atoms with Gasteiger partial charge in [-0.2, -0.15) is 0 Å². The standard InChI is InChI=1S/C12H16BrNOS/c13-10-3-6-16-11(10)7-12(15)4-5-14(8-12)9-1-2-9/h3,6,9,15H,1-2,4-5,7-8H2. The van der Waals surface area contributed by atoms with E-state index in [0.29, 0.717) is 0 Å². The molecule has 2 fully saturated rings. The third kappa shape index (κ3) is 2.21. The van der Waals surface area contributed by atoms with Gasteiger partial charge in [0.05, 0.1) is 5.60 Å². The maximum atomic E-state index is 10.6. The Bertz CT molecular complexity index is 390. The predicted molar refractivity (Wildman–Crippen MR) is 69.9 cm³/mol. The number of likely N-dealkylation sites (tertiary alicyclic amines) is 1. The van der Waals surface area contributed by atoms with E-state index in [2.05, 4.69) is 32.3 Å². The molecule has 1 aromatic heterocycles. The van der Waals surface area contributed by atoms with Crippen LogP contribution in [0.2, 0.25) is 0 Å². The Morgan fingerprint density at radius 1 is 1.56 bits per heavy atom. The first kappa shape index (κ1) is 11.2. The molecule has 1 aromatic rings. The molecule has 1 aliphatic carbocycles. The zero-order valence-electron chi connectivity index (χ0n) is 9.16. The summed E-state index contributed by atoms with van der Waals surface area (Å²) in [6.07, 6.45) is 4.39. The number of aliphatic hydroxyl groups is 1. The van der Waals surface area contributed by atoms with Crippen molar-refractivity contribution in [3.8, 4) is 0 Å². The van der Waals surface area contributed by atoms with Gasteiger partial charge in [0.15, 0.2) is 0 Å². The van der Waals surface area contributed by atoms with Crippen molar-refractivity contribution < 1.29 is 5.11 Å². The monoisotopic (exact) mass is 301 g/mol. The predicted octanol–water partition coefficient (Wildman–Crippen LogP) is 2.65. The molecule has 0 bridgehead atoms. The minimum absolute atomic E-state index is 0.490. The molecule has 4 heteroatoms. The fourth-order valence-corrected chi connectivity index (χ4v) is 4.16. The lowest BCUT2D eigenvalue weighted by molar-refractivity contribution is 0.0493. The Morgan fingerprint density at radius 3 is 3.00 bits per heavy atom. The second-order valence-corrected chi connectivity index (χ2v) is 6.90. The first-order valence-electron chi connectivity index (χ1n) is 5.85. The van der Waals surface area contributed by atoms with E-state index in [-0.39, 0.29) is 0 Å². The van der Waals surface area contributed by atoms with E-state index in [1.807, 2.05) is 0 Å². The first-order valence-corrected chi connectivity index (χ1v) is 7.52. The van der Waals surface area contributed by atoms with Gasteiger partial charge in [-0.05, 0) is 46.6 Å². The summed E-state index contributed by atoms with van der Waals surface area (Å²) in [6.45, 7) is 1.94. The number of halogens is 1.